The fourth-order valence-electron chi connectivity index (χ4n) is 2.76. The van der Waals surface area contributed by atoms with E-state index in [-0.39, 0.29) is 0 Å². The molecule has 0 amide bonds. The number of hydrogen-bond donors (Lipinski definition) is 0. The van der Waals surface area contributed by atoms with Crippen LogP contribution in [-0.4, -0.2) is 32.1 Å². The van der Waals surface area contributed by atoms with Gasteiger partial charge >= 0.3 is 0 Å². The largest absolute Gasteiger partial charge is 0.497 e. The highest BCUT2D eigenvalue weighted by Gasteiger charge is 2.17. The van der Waals surface area contributed by atoms with Crippen molar-refractivity contribution in [3.05, 3.63) is 60.7 Å². The molecule has 3 heterocycles. The van der Waals surface area contributed by atoms with Crippen LogP contribution in [-0.2, 0) is 0 Å². The molecule has 3 aromatic heterocycles. The second-order valence-corrected chi connectivity index (χ2v) is 6.75. The molecule has 7 nitrogen and oxygen atoms in total. The molecular weight excluding hydrogens is 362 g/mol. The van der Waals surface area contributed by atoms with Crippen LogP contribution in [0.15, 0.2) is 65.2 Å². The van der Waals surface area contributed by atoms with E-state index in [1.54, 1.807) is 11.6 Å². The molecule has 0 aliphatic carbocycles. The molecule has 2 aromatic carbocycles. The summed E-state index contributed by atoms with van der Waals surface area (Å²) in [5.41, 5.74) is 2.54. The van der Waals surface area contributed by atoms with Crippen LogP contribution in [0.4, 0.5) is 0 Å². The molecule has 5 aromatic rings. The maximum Gasteiger partial charge on any atom is 0.235 e. The Balaban J connectivity index is 1.51. The highest BCUT2D eigenvalue weighted by molar-refractivity contribution is 7.19. The van der Waals surface area contributed by atoms with Crippen LogP contribution in [0.25, 0.3) is 38.4 Å². The zero-order valence-electron chi connectivity index (χ0n) is 14.2. The SMILES string of the molecule is COc1ccc(-c2cc(-c3nn4c(-c5ccccc5)nnc4s3)no2)cc1. The topological polar surface area (TPSA) is 78.3 Å². The first-order valence-electron chi connectivity index (χ1n) is 8.21. The molecule has 0 aliphatic rings. The quantitative estimate of drug-likeness (QED) is 0.469. The van der Waals surface area contributed by atoms with E-state index in [2.05, 4.69) is 20.5 Å². The van der Waals surface area contributed by atoms with Crippen molar-refractivity contribution < 1.29 is 9.26 Å². The predicted molar refractivity (Wildman–Crippen MR) is 102 cm³/mol. The summed E-state index contributed by atoms with van der Waals surface area (Å²) >= 11 is 1.42. The van der Waals surface area contributed by atoms with E-state index in [9.17, 15) is 0 Å². The van der Waals surface area contributed by atoms with Gasteiger partial charge in [-0.3, -0.25) is 0 Å². The summed E-state index contributed by atoms with van der Waals surface area (Å²) < 4.78 is 12.4. The lowest BCUT2D eigenvalue weighted by atomic mass is 10.1. The van der Waals surface area contributed by atoms with E-state index in [0.29, 0.717) is 22.2 Å². The molecule has 0 saturated carbocycles. The minimum absolute atomic E-state index is 0.662. The molecule has 5 rings (SSSR count). The van der Waals surface area contributed by atoms with Crippen LogP contribution in [0.5, 0.6) is 5.75 Å². The van der Waals surface area contributed by atoms with Gasteiger partial charge < -0.3 is 9.26 Å². The van der Waals surface area contributed by atoms with Gasteiger partial charge in [0.15, 0.2) is 16.6 Å². The first-order chi connectivity index (χ1) is 13.3. The number of benzene rings is 2. The van der Waals surface area contributed by atoms with Gasteiger partial charge in [-0.25, -0.2) is 0 Å². The van der Waals surface area contributed by atoms with E-state index in [1.807, 2.05) is 60.7 Å². The smallest absolute Gasteiger partial charge is 0.235 e. The van der Waals surface area contributed by atoms with Crippen LogP contribution < -0.4 is 4.74 Å². The number of methoxy groups -OCH3 is 1. The van der Waals surface area contributed by atoms with Crippen molar-refractivity contribution in [3.63, 3.8) is 0 Å². The number of nitrogens with zero attached hydrogens (tertiary/aromatic N) is 5. The molecule has 0 fully saturated rings. The normalized spacial score (nSPS) is 11.1. The maximum atomic E-state index is 5.50. The van der Waals surface area contributed by atoms with E-state index >= 15 is 0 Å². The van der Waals surface area contributed by atoms with Crippen molar-refractivity contribution in [2.24, 2.45) is 0 Å². The molecule has 0 radical (unpaired) electrons. The second kappa shape index (κ2) is 6.33. The van der Waals surface area contributed by atoms with Crippen LogP contribution in [0, 0.1) is 0 Å². The number of aromatic nitrogens is 5. The van der Waals surface area contributed by atoms with Gasteiger partial charge in [0.25, 0.3) is 0 Å². The molecule has 132 valence electrons. The first kappa shape index (κ1) is 15.7. The number of hydrogen-bond acceptors (Lipinski definition) is 7. The molecule has 0 unspecified atom stereocenters. The minimum Gasteiger partial charge on any atom is -0.497 e. The van der Waals surface area contributed by atoms with Gasteiger partial charge in [-0.05, 0) is 24.3 Å². The number of ether oxygens (including phenoxy) is 1. The molecule has 0 bridgehead atoms. The summed E-state index contributed by atoms with van der Waals surface area (Å²) in [6, 6.07) is 19.3. The van der Waals surface area contributed by atoms with Crippen molar-refractivity contribution in [1.82, 2.24) is 25.0 Å². The molecule has 0 saturated heterocycles. The minimum atomic E-state index is 0.662. The lowest BCUT2D eigenvalue weighted by Crippen LogP contribution is -1.90. The van der Waals surface area contributed by atoms with E-state index in [4.69, 9.17) is 9.26 Å². The van der Waals surface area contributed by atoms with Crippen molar-refractivity contribution >= 4 is 16.3 Å². The Morgan fingerprint density at radius 3 is 2.56 bits per heavy atom. The second-order valence-electron chi connectivity index (χ2n) is 5.80. The summed E-state index contributed by atoms with van der Waals surface area (Å²) in [7, 11) is 1.64. The number of fused-ring (bicyclic) bond motifs is 1. The maximum absolute atomic E-state index is 5.50. The van der Waals surface area contributed by atoms with E-state index in [1.165, 1.54) is 11.3 Å². The Bertz CT molecular complexity index is 1210. The zero-order valence-corrected chi connectivity index (χ0v) is 15.1. The van der Waals surface area contributed by atoms with Crippen molar-refractivity contribution in [3.8, 4) is 39.2 Å². The first-order valence-corrected chi connectivity index (χ1v) is 9.02. The van der Waals surface area contributed by atoms with Crippen LogP contribution in [0.3, 0.4) is 0 Å². The van der Waals surface area contributed by atoms with Crippen LogP contribution in [0.2, 0.25) is 0 Å². The molecule has 0 spiro atoms. The third kappa shape index (κ3) is 2.76. The molecule has 27 heavy (non-hydrogen) atoms. The monoisotopic (exact) mass is 375 g/mol. The molecule has 0 N–H and O–H groups in total. The van der Waals surface area contributed by atoms with Gasteiger partial charge in [-0.1, -0.05) is 46.8 Å². The predicted octanol–water partition coefficient (Wildman–Crippen LogP) is 4.18. The lowest BCUT2D eigenvalue weighted by molar-refractivity contribution is 0.414. The van der Waals surface area contributed by atoms with Crippen LogP contribution >= 0.6 is 11.3 Å². The fourth-order valence-corrected chi connectivity index (χ4v) is 3.55. The molecule has 0 aliphatic heterocycles. The molecule has 0 atom stereocenters. The fraction of sp³-hybridized carbons (Fsp3) is 0.0526. The zero-order chi connectivity index (χ0) is 18.2. The van der Waals surface area contributed by atoms with Gasteiger partial charge in [-0.2, -0.15) is 9.61 Å². The van der Waals surface area contributed by atoms with Crippen molar-refractivity contribution in [1.29, 1.82) is 0 Å². The summed E-state index contributed by atoms with van der Waals surface area (Å²) in [6.45, 7) is 0. The Kier molecular flexibility index (Phi) is 3.68. The standard InChI is InChI=1S/C19H13N5O2S/c1-25-14-9-7-12(8-10-14)16-11-15(23-26-16)18-22-24-17(20-21-19(24)27-18)13-5-3-2-4-6-13/h2-11H,1H3. The number of rotatable bonds is 4. The Hall–Kier alpha value is -3.52. The Morgan fingerprint density at radius 2 is 1.78 bits per heavy atom. The van der Waals surface area contributed by atoms with Gasteiger partial charge in [-0.15, -0.1) is 10.2 Å². The molecule has 8 heteroatoms. The van der Waals surface area contributed by atoms with Crippen molar-refractivity contribution in [2.45, 2.75) is 0 Å². The van der Waals surface area contributed by atoms with Gasteiger partial charge in [0, 0.05) is 17.2 Å². The third-order valence-electron chi connectivity index (χ3n) is 4.13. The summed E-state index contributed by atoms with van der Waals surface area (Å²) in [5.74, 6) is 2.16. The molecular formula is C19H13N5O2S. The third-order valence-corrected chi connectivity index (χ3v) is 5.05. The van der Waals surface area contributed by atoms with Crippen molar-refractivity contribution in [2.75, 3.05) is 7.11 Å². The summed E-state index contributed by atoms with van der Waals surface area (Å²) in [5, 5.41) is 18.0. The average Bonchev–Trinajstić information content (AvgIpc) is 3.44. The Morgan fingerprint density at radius 1 is 0.963 bits per heavy atom. The van der Waals surface area contributed by atoms with Crippen LogP contribution in [0.1, 0.15) is 0 Å². The van der Waals surface area contributed by atoms with Gasteiger partial charge in [0.2, 0.25) is 4.96 Å². The highest BCUT2D eigenvalue weighted by Crippen LogP contribution is 2.31. The van der Waals surface area contributed by atoms with Gasteiger partial charge in [0.1, 0.15) is 11.4 Å². The highest BCUT2D eigenvalue weighted by atomic mass is 32.1. The van der Waals surface area contributed by atoms with Gasteiger partial charge in [0.05, 0.1) is 7.11 Å². The summed E-state index contributed by atoms with van der Waals surface area (Å²) in [4.78, 5) is 0.706. The summed E-state index contributed by atoms with van der Waals surface area (Å²) in [6.07, 6.45) is 0. The average molecular weight is 375 g/mol. The Labute approximate surface area is 157 Å². The van der Waals surface area contributed by atoms with E-state index in [0.717, 1.165) is 21.9 Å². The van der Waals surface area contributed by atoms with E-state index < -0.39 is 0 Å². The lowest BCUT2D eigenvalue weighted by Gasteiger charge is -1.99.